The normalized spacial score (nSPS) is 14.3. The van der Waals surface area contributed by atoms with Crippen LogP contribution in [-0.2, 0) is 27.8 Å². The number of ether oxygens (including phenoxy) is 1. The van der Waals surface area contributed by atoms with Crippen molar-refractivity contribution in [2.45, 2.75) is 45.6 Å². The first-order chi connectivity index (χ1) is 17.8. The maximum atomic E-state index is 12.5. The van der Waals surface area contributed by atoms with Crippen LogP contribution in [-0.4, -0.2) is 63.5 Å². The van der Waals surface area contributed by atoms with E-state index < -0.39 is 10.0 Å². The van der Waals surface area contributed by atoms with Crippen molar-refractivity contribution in [3.63, 3.8) is 0 Å². The Bertz CT molecular complexity index is 1150. The summed E-state index contributed by atoms with van der Waals surface area (Å²) in [5.41, 5.74) is 9.49. The average Bonchev–Trinajstić information content (AvgIpc) is 2.89. The van der Waals surface area contributed by atoms with Crippen LogP contribution in [0.3, 0.4) is 0 Å². The number of rotatable bonds is 14. The number of aryl methyl sites for hydroxylation is 1. The lowest BCUT2D eigenvalue weighted by Gasteiger charge is -2.26. The molecule has 10 heteroatoms. The number of benzene rings is 2. The third kappa shape index (κ3) is 9.55. The lowest BCUT2D eigenvalue weighted by Crippen LogP contribution is -2.45. The molecule has 2 aromatic rings. The van der Waals surface area contributed by atoms with E-state index in [2.05, 4.69) is 21.9 Å². The predicted octanol–water partition coefficient (Wildman–Crippen LogP) is 2.89. The quantitative estimate of drug-likeness (QED) is 0.168. The number of hydrogen-bond acceptors (Lipinski definition) is 8. The second-order valence-electron chi connectivity index (χ2n) is 9.29. The van der Waals surface area contributed by atoms with Crippen LogP contribution < -0.4 is 20.5 Å². The topological polar surface area (TPSA) is 138 Å². The van der Waals surface area contributed by atoms with E-state index in [1.165, 1.54) is 0 Å². The van der Waals surface area contributed by atoms with Gasteiger partial charge in [-0.15, -0.1) is 0 Å². The smallest absolute Gasteiger partial charge is 0.311 e. The molecule has 1 heterocycles. The number of piperazine rings is 1. The Balaban J connectivity index is 1.47. The largest absolute Gasteiger partial charge is 0.426 e. The van der Waals surface area contributed by atoms with Crippen LogP contribution in [0.25, 0.3) is 0 Å². The summed E-state index contributed by atoms with van der Waals surface area (Å²) in [6, 6.07) is 12.7. The van der Waals surface area contributed by atoms with Crippen LogP contribution in [0.1, 0.15) is 49.3 Å². The van der Waals surface area contributed by atoms with E-state index in [1.54, 1.807) is 18.2 Å². The van der Waals surface area contributed by atoms with E-state index in [-0.39, 0.29) is 24.7 Å². The van der Waals surface area contributed by atoms with Crippen LogP contribution in [0.15, 0.2) is 42.5 Å². The average molecular weight is 530 g/mol. The highest BCUT2D eigenvalue weighted by Gasteiger charge is 2.17. The van der Waals surface area contributed by atoms with Crippen molar-refractivity contribution in [1.82, 2.24) is 10.2 Å². The van der Waals surface area contributed by atoms with E-state index in [9.17, 15) is 13.2 Å². The molecular weight excluding hydrogens is 490 g/mol. The Morgan fingerprint density at radius 1 is 1.14 bits per heavy atom. The molecule has 0 saturated carbocycles. The molecule has 1 saturated heterocycles. The number of sulfonamides is 1. The van der Waals surface area contributed by atoms with Gasteiger partial charge in [0.25, 0.3) is 0 Å². The van der Waals surface area contributed by atoms with Crippen LogP contribution in [0.2, 0.25) is 0 Å². The standard InChI is InChI=1S/C27H39N5O4S/c1-2-4-25(29)22-9-7-21(8-10-22)5-3-6-27(33)36-26-12-11-24(19-23(26)20-28)31-37(34,35)18-17-32-15-13-30-14-16-32/h7-12,19,29-31H,2-6,13-18,20,28H2,1H3. The van der Waals surface area contributed by atoms with Gasteiger partial charge in [-0.3, -0.25) is 14.4 Å². The minimum Gasteiger partial charge on any atom is -0.426 e. The number of carbonyl (C=O) groups is 1. The van der Waals surface area contributed by atoms with Gasteiger partial charge in [0.2, 0.25) is 10.0 Å². The molecular formula is C27H39N5O4S. The highest BCUT2D eigenvalue weighted by Crippen LogP contribution is 2.24. The van der Waals surface area contributed by atoms with E-state index >= 15 is 0 Å². The number of anilines is 1. The van der Waals surface area contributed by atoms with Crippen molar-refractivity contribution < 1.29 is 17.9 Å². The number of esters is 1. The van der Waals surface area contributed by atoms with Crippen LogP contribution in [0.4, 0.5) is 5.69 Å². The maximum Gasteiger partial charge on any atom is 0.311 e. The van der Waals surface area contributed by atoms with E-state index in [1.807, 2.05) is 24.3 Å². The molecule has 1 aliphatic heterocycles. The zero-order valence-corrected chi connectivity index (χ0v) is 22.4. The van der Waals surface area contributed by atoms with Crippen molar-refractivity contribution in [3.05, 3.63) is 59.2 Å². The summed E-state index contributed by atoms with van der Waals surface area (Å²) < 4.78 is 33.2. The summed E-state index contributed by atoms with van der Waals surface area (Å²) in [7, 11) is -3.52. The summed E-state index contributed by atoms with van der Waals surface area (Å²) in [5.74, 6) is -0.0125. The molecule has 202 valence electrons. The first kappa shape index (κ1) is 28.8. The number of carbonyl (C=O) groups excluding carboxylic acids is 1. The zero-order valence-electron chi connectivity index (χ0n) is 21.6. The molecule has 0 atom stereocenters. The summed E-state index contributed by atoms with van der Waals surface area (Å²) >= 11 is 0. The molecule has 0 bridgehead atoms. The summed E-state index contributed by atoms with van der Waals surface area (Å²) in [6.07, 6.45) is 3.32. The molecule has 9 nitrogen and oxygen atoms in total. The second-order valence-corrected chi connectivity index (χ2v) is 11.1. The zero-order chi connectivity index (χ0) is 26.7. The molecule has 3 rings (SSSR count). The Labute approximate surface area is 220 Å². The van der Waals surface area contributed by atoms with Gasteiger partial charge in [-0.2, -0.15) is 0 Å². The van der Waals surface area contributed by atoms with Crippen molar-refractivity contribution in [1.29, 1.82) is 5.41 Å². The van der Waals surface area contributed by atoms with Crippen molar-refractivity contribution in [2.24, 2.45) is 5.73 Å². The lowest BCUT2D eigenvalue weighted by molar-refractivity contribution is -0.134. The third-order valence-electron chi connectivity index (χ3n) is 6.31. The number of nitrogens with one attached hydrogen (secondary N) is 3. The molecule has 0 radical (unpaired) electrons. The van der Waals surface area contributed by atoms with Gasteiger partial charge >= 0.3 is 5.97 Å². The fourth-order valence-corrected chi connectivity index (χ4v) is 5.28. The van der Waals surface area contributed by atoms with E-state index in [0.717, 1.165) is 56.6 Å². The van der Waals surface area contributed by atoms with Gasteiger partial charge in [0.15, 0.2) is 0 Å². The van der Waals surface area contributed by atoms with Crippen LogP contribution in [0, 0.1) is 5.41 Å². The van der Waals surface area contributed by atoms with Gasteiger partial charge in [0.05, 0.1) is 5.75 Å². The van der Waals surface area contributed by atoms with E-state index in [4.69, 9.17) is 15.9 Å². The Hall–Kier alpha value is -2.79. The molecule has 37 heavy (non-hydrogen) atoms. The van der Waals surface area contributed by atoms with E-state index in [0.29, 0.717) is 35.7 Å². The monoisotopic (exact) mass is 529 g/mol. The minimum atomic E-state index is -3.52. The van der Waals surface area contributed by atoms with Gasteiger partial charge in [-0.05, 0) is 48.6 Å². The van der Waals surface area contributed by atoms with Crippen LogP contribution >= 0.6 is 0 Å². The summed E-state index contributed by atoms with van der Waals surface area (Å²) in [4.78, 5) is 14.5. The van der Waals surface area contributed by atoms with Gasteiger partial charge in [0, 0.05) is 62.7 Å². The summed E-state index contributed by atoms with van der Waals surface area (Å²) in [6.45, 7) is 6.05. The minimum absolute atomic E-state index is 0.00565. The maximum absolute atomic E-state index is 12.5. The first-order valence-corrected chi connectivity index (χ1v) is 14.6. The highest BCUT2D eigenvalue weighted by atomic mass is 32.2. The SMILES string of the molecule is CCCC(=N)c1ccc(CCCC(=O)Oc2ccc(NS(=O)(=O)CCN3CCNCC3)cc2CN)cc1. The number of nitrogens with zero attached hydrogens (tertiary/aromatic N) is 1. The lowest BCUT2D eigenvalue weighted by atomic mass is 10.0. The fraction of sp³-hybridized carbons (Fsp3) is 0.481. The third-order valence-corrected chi connectivity index (χ3v) is 7.58. The van der Waals surface area contributed by atoms with Crippen molar-refractivity contribution in [3.8, 4) is 5.75 Å². The Morgan fingerprint density at radius 2 is 1.86 bits per heavy atom. The molecule has 0 aromatic heterocycles. The van der Waals surface area contributed by atoms with Gasteiger partial charge in [0.1, 0.15) is 5.75 Å². The molecule has 1 fully saturated rings. The summed E-state index contributed by atoms with van der Waals surface area (Å²) in [5, 5.41) is 11.3. The molecule has 1 aliphatic rings. The van der Waals surface area contributed by atoms with Crippen LogP contribution in [0.5, 0.6) is 5.75 Å². The first-order valence-electron chi connectivity index (χ1n) is 12.9. The van der Waals surface area contributed by atoms with Gasteiger partial charge < -0.3 is 21.2 Å². The molecule has 0 spiro atoms. The van der Waals surface area contributed by atoms with Crippen molar-refractivity contribution in [2.75, 3.05) is 43.2 Å². The molecule has 0 aliphatic carbocycles. The predicted molar refractivity (Wildman–Crippen MR) is 148 cm³/mol. The molecule has 0 unspecified atom stereocenters. The highest BCUT2D eigenvalue weighted by molar-refractivity contribution is 7.92. The fourth-order valence-electron chi connectivity index (χ4n) is 4.19. The van der Waals surface area contributed by atoms with Gasteiger partial charge in [-0.25, -0.2) is 8.42 Å². The molecule has 0 amide bonds. The molecule has 2 aromatic carbocycles. The number of nitrogens with two attached hydrogens (primary N) is 1. The Kier molecular flexibility index (Phi) is 11.1. The Morgan fingerprint density at radius 3 is 2.54 bits per heavy atom. The van der Waals surface area contributed by atoms with Crippen molar-refractivity contribution >= 4 is 27.4 Å². The second kappa shape index (κ2) is 14.2. The number of hydrogen-bond donors (Lipinski definition) is 4. The molecule has 5 N–H and O–H groups in total. The van der Waals surface area contributed by atoms with Gasteiger partial charge in [-0.1, -0.05) is 37.6 Å².